The number of nitrogens with zero attached hydrogens (tertiary/aromatic N) is 5. The third-order valence-electron chi connectivity index (χ3n) is 5.75. The van der Waals surface area contributed by atoms with E-state index < -0.39 is 0 Å². The zero-order chi connectivity index (χ0) is 17.9. The highest BCUT2D eigenvalue weighted by atomic mass is 32.2. The predicted octanol–water partition coefficient (Wildman–Crippen LogP) is 3.10. The molecule has 2 aliphatic rings. The topological polar surface area (TPSA) is 63.9 Å². The largest absolute Gasteiger partial charge is 0.342 e. The molecule has 2 heterocycles. The highest BCUT2D eigenvalue weighted by Crippen LogP contribution is 2.36. The van der Waals surface area contributed by atoms with Gasteiger partial charge < -0.3 is 4.90 Å². The third kappa shape index (κ3) is 3.63. The summed E-state index contributed by atoms with van der Waals surface area (Å²) in [6.07, 6.45) is 6.50. The fourth-order valence-electron chi connectivity index (χ4n) is 4.27. The standard InChI is InChI=1S/C19H25N5OS/c1-14-6-2-5-9-17(14)24-19(20-21-22-24)26-13-18(25)23-11-10-15-7-3-4-8-16(15)12-23/h2,5-6,9,15-16H,3-4,7-8,10-13H2,1H3/t15-,16-/m0/s1. The summed E-state index contributed by atoms with van der Waals surface area (Å²) in [7, 11) is 0. The Kier molecular flexibility index (Phi) is 5.24. The van der Waals surface area contributed by atoms with E-state index in [0.717, 1.165) is 30.3 Å². The Bertz CT molecular complexity index is 777. The molecular weight excluding hydrogens is 346 g/mol. The van der Waals surface area contributed by atoms with E-state index in [-0.39, 0.29) is 5.91 Å². The van der Waals surface area contributed by atoms with Crippen LogP contribution in [0.3, 0.4) is 0 Å². The van der Waals surface area contributed by atoms with Gasteiger partial charge in [0.05, 0.1) is 11.4 Å². The lowest BCUT2D eigenvalue weighted by Crippen LogP contribution is -2.45. The van der Waals surface area contributed by atoms with Crippen molar-refractivity contribution in [2.75, 3.05) is 18.8 Å². The van der Waals surface area contributed by atoms with Gasteiger partial charge >= 0.3 is 0 Å². The maximum Gasteiger partial charge on any atom is 0.233 e. The van der Waals surface area contributed by atoms with Crippen LogP contribution in [0.25, 0.3) is 5.69 Å². The van der Waals surface area contributed by atoms with E-state index >= 15 is 0 Å². The lowest BCUT2D eigenvalue weighted by atomic mass is 9.75. The molecule has 26 heavy (non-hydrogen) atoms. The van der Waals surface area contributed by atoms with Crippen LogP contribution in [0.5, 0.6) is 0 Å². The summed E-state index contributed by atoms with van der Waals surface area (Å²) >= 11 is 1.42. The van der Waals surface area contributed by atoms with Crippen LogP contribution in [0.15, 0.2) is 29.4 Å². The number of piperidine rings is 1. The van der Waals surface area contributed by atoms with Gasteiger partial charge in [-0.3, -0.25) is 4.79 Å². The molecule has 7 heteroatoms. The SMILES string of the molecule is Cc1ccccc1-n1nnnc1SCC(=O)N1CC[C@@H]2CCCC[C@H]2C1. The first-order valence-corrected chi connectivity index (χ1v) is 10.5. The number of aryl methyl sites for hydroxylation is 1. The quantitative estimate of drug-likeness (QED) is 0.773. The molecule has 0 N–H and O–H groups in total. The van der Waals surface area contributed by atoms with Gasteiger partial charge in [0, 0.05) is 13.1 Å². The summed E-state index contributed by atoms with van der Waals surface area (Å²) in [5.41, 5.74) is 2.06. The second-order valence-corrected chi connectivity index (χ2v) is 8.32. The lowest BCUT2D eigenvalue weighted by molar-refractivity contribution is -0.131. The number of hydrogen-bond acceptors (Lipinski definition) is 5. The molecule has 4 rings (SSSR count). The Morgan fingerprint density at radius 2 is 2.00 bits per heavy atom. The van der Waals surface area contributed by atoms with Gasteiger partial charge in [0.25, 0.3) is 0 Å². The third-order valence-corrected chi connectivity index (χ3v) is 6.66. The lowest BCUT2D eigenvalue weighted by Gasteiger charge is -2.41. The van der Waals surface area contributed by atoms with Crippen LogP contribution < -0.4 is 0 Å². The number of likely N-dealkylation sites (tertiary alicyclic amines) is 1. The Balaban J connectivity index is 1.38. The summed E-state index contributed by atoms with van der Waals surface area (Å²) in [5.74, 6) is 2.15. The Morgan fingerprint density at radius 3 is 2.85 bits per heavy atom. The van der Waals surface area contributed by atoms with Gasteiger partial charge in [-0.1, -0.05) is 49.2 Å². The maximum absolute atomic E-state index is 12.7. The molecule has 0 radical (unpaired) electrons. The summed E-state index contributed by atoms with van der Waals surface area (Å²) in [6.45, 7) is 3.88. The molecule has 6 nitrogen and oxygen atoms in total. The van der Waals surface area contributed by atoms with Crippen molar-refractivity contribution >= 4 is 17.7 Å². The molecule has 2 atom stereocenters. The van der Waals surface area contributed by atoms with Gasteiger partial charge in [0.2, 0.25) is 11.1 Å². The van der Waals surface area contributed by atoms with Crippen molar-refractivity contribution in [3.63, 3.8) is 0 Å². The van der Waals surface area contributed by atoms with Gasteiger partial charge in [-0.2, -0.15) is 4.68 Å². The molecule has 0 bridgehead atoms. The minimum absolute atomic E-state index is 0.207. The molecular formula is C19H25N5OS. The first-order valence-electron chi connectivity index (χ1n) is 9.47. The molecule has 1 saturated carbocycles. The molecule has 1 aromatic heterocycles. The zero-order valence-electron chi connectivity index (χ0n) is 15.2. The number of amides is 1. The van der Waals surface area contributed by atoms with Crippen LogP contribution in [0.1, 0.15) is 37.7 Å². The van der Waals surface area contributed by atoms with Crippen LogP contribution in [0, 0.1) is 18.8 Å². The second kappa shape index (κ2) is 7.78. The van der Waals surface area contributed by atoms with Crippen LogP contribution in [0.2, 0.25) is 0 Å². The number of hydrogen-bond donors (Lipinski definition) is 0. The number of tetrazole rings is 1. The molecule has 0 spiro atoms. The summed E-state index contributed by atoms with van der Waals surface area (Å²) < 4.78 is 1.72. The molecule has 1 aliphatic heterocycles. The van der Waals surface area contributed by atoms with Crippen molar-refractivity contribution in [1.82, 2.24) is 25.1 Å². The first kappa shape index (κ1) is 17.5. The van der Waals surface area contributed by atoms with Crippen LogP contribution in [0.4, 0.5) is 0 Å². The molecule has 1 aromatic carbocycles. The normalized spacial score (nSPS) is 22.9. The number of carbonyl (C=O) groups is 1. The second-order valence-electron chi connectivity index (χ2n) is 7.38. The van der Waals surface area contributed by atoms with E-state index in [2.05, 4.69) is 20.4 Å². The maximum atomic E-state index is 12.7. The Morgan fingerprint density at radius 1 is 1.19 bits per heavy atom. The first-order chi connectivity index (χ1) is 12.7. The van der Waals surface area contributed by atoms with E-state index in [1.807, 2.05) is 31.2 Å². The van der Waals surface area contributed by atoms with Crippen molar-refractivity contribution in [3.05, 3.63) is 29.8 Å². The predicted molar refractivity (Wildman–Crippen MR) is 101 cm³/mol. The van der Waals surface area contributed by atoms with Crippen molar-refractivity contribution in [1.29, 1.82) is 0 Å². The fourth-order valence-corrected chi connectivity index (χ4v) is 5.05. The number of benzene rings is 1. The summed E-state index contributed by atoms with van der Waals surface area (Å²) in [4.78, 5) is 14.8. The van der Waals surface area contributed by atoms with Gasteiger partial charge in [-0.15, -0.1) is 5.10 Å². The summed E-state index contributed by atoms with van der Waals surface area (Å²) in [6, 6.07) is 7.99. The zero-order valence-corrected chi connectivity index (χ0v) is 16.0. The van der Waals surface area contributed by atoms with E-state index in [0.29, 0.717) is 16.8 Å². The van der Waals surface area contributed by atoms with Gasteiger partial charge in [0.1, 0.15) is 0 Å². The van der Waals surface area contributed by atoms with E-state index in [9.17, 15) is 4.79 Å². The molecule has 1 amide bonds. The fraction of sp³-hybridized carbons (Fsp3) is 0.579. The van der Waals surface area contributed by atoms with Gasteiger partial charge in [-0.05, 0) is 53.7 Å². The molecule has 2 aromatic rings. The number of fused-ring (bicyclic) bond motifs is 1. The number of rotatable bonds is 4. The summed E-state index contributed by atoms with van der Waals surface area (Å²) in [5, 5.41) is 12.7. The van der Waals surface area contributed by atoms with Crippen molar-refractivity contribution in [2.45, 2.75) is 44.2 Å². The smallest absolute Gasteiger partial charge is 0.233 e. The average molecular weight is 372 g/mol. The number of carbonyl (C=O) groups excluding carboxylic acids is 1. The van der Waals surface area contributed by atoms with Crippen LogP contribution >= 0.6 is 11.8 Å². The van der Waals surface area contributed by atoms with Crippen molar-refractivity contribution in [3.8, 4) is 5.69 Å². The van der Waals surface area contributed by atoms with Crippen LogP contribution in [-0.4, -0.2) is 49.9 Å². The monoisotopic (exact) mass is 371 g/mol. The number of thioether (sulfide) groups is 1. The Labute approximate surface area is 158 Å². The highest BCUT2D eigenvalue weighted by Gasteiger charge is 2.32. The number of para-hydroxylation sites is 1. The number of aromatic nitrogens is 4. The van der Waals surface area contributed by atoms with E-state index in [4.69, 9.17) is 0 Å². The molecule has 1 saturated heterocycles. The van der Waals surface area contributed by atoms with E-state index in [1.165, 1.54) is 43.9 Å². The minimum Gasteiger partial charge on any atom is -0.342 e. The van der Waals surface area contributed by atoms with Gasteiger partial charge in [0.15, 0.2) is 0 Å². The van der Waals surface area contributed by atoms with Gasteiger partial charge in [-0.25, -0.2) is 0 Å². The van der Waals surface area contributed by atoms with Crippen molar-refractivity contribution in [2.24, 2.45) is 11.8 Å². The minimum atomic E-state index is 0.207. The average Bonchev–Trinajstić information content (AvgIpc) is 3.14. The van der Waals surface area contributed by atoms with Crippen LogP contribution in [-0.2, 0) is 4.79 Å². The molecule has 2 fully saturated rings. The molecule has 1 aliphatic carbocycles. The van der Waals surface area contributed by atoms with Crippen molar-refractivity contribution < 1.29 is 4.79 Å². The van der Waals surface area contributed by atoms with E-state index in [1.54, 1.807) is 4.68 Å². The molecule has 0 unspecified atom stereocenters. The highest BCUT2D eigenvalue weighted by molar-refractivity contribution is 7.99. The Hall–Kier alpha value is -1.89. The molecule has 138 valence electrons.